The van der Waals surface area contributed by atoms with Gasteiger partial charge in [0.2, 0.25) is 0 Å². The fraction of sp³-hybridized carbons (Fsp3) is 0. The van der Waals surface area contributed by atoms with E-state index in [2.05, 4.69) is 449 Å². The molecule has 0 N–H and O–H groups in total. The summed E-state index contributed by atoms with van der Waals surface area (Å²) in [4.78, 5) is 31.8. The molecule has 7 heterocycles. The van der Waals surface area contributed by atoms with Crippen LogP contribution in [-0.2, 0) is 0 Å². The van der Waals surface area contributed by atoms with Gasteiger partial charge in [-0.1, -0.05) is 370 Å². The summed E-state index contributed by atoms with van der Waals surface area (Å²) in [6.45, 7) is 0. The van der Waals surface area contributed by atoms with Crippen molar-refractivity contribution in [3.63, 3.8) is 0 Å². The molecule has 0 aliphatic rings. The predicted octanol–water partition coefficient (Wildman–Crippen LogP) is 33.8. The normalized spacial score (nSPS) is 12.0. The molecular weight excluding hydrogens is 1700 g/mol. The third-order valence-electron chi connectivity index (χ3n) is 29.0. The van der Waals surface area contributed by atoms with Crippen molar-refractivity contribution in [1.29, 1.82) is 0 Å². The van der Waals surface area contributed by atoms with Gasteiger partial charge in [-0.3, -0.25) is 18.7 Å². The highest BCUT2D eigenvalue weighted by Crippen LogP contribution is 2.48. The van der Waals surface area contributed by atoms with E-state index in [0.29, 0.717) is 0 Å². The summed E-state index contributed by atoms with van der Waals surface area (Å²) in [5.41, 5.74) is 21.7. The Morgan fingerprint density at radius 2 is 0.450 bits per heavy atom. The minimum Gasteiger partial charge on any atom is -0.309 e. The van der Waals surface area contributed by atoms with Crippen LogP contribution in [0.1, 0.15) is 0 Å². The maximum atomic E-state index is 5.38. The zero-order valence-corrected chi connectivity index (χ0v) is 75.5. The van der Waals surface area contributed by atoms with Gasteiger partial charge < -0.3 is 4.57 Å². The van der Waals surface area contributed by atoms with Crippen LogP contribution in [0.15, 0.2) is 473 Å². The van der Waals surface area contributed by atoms with E-state index in [1.165, 1.54) is 162 Å². The minimum atomic E-state index is 0.817. The van der Waals surface area contributed by atoms with Crippen LogP contribution < -0.4 is 0 Å². The summed E-state index contributed by atoms with van der Waals surface area (Å²) in [5, 5.41) is 34.3. The molecule has 140 heavy (non-hydrogen) atoms. The van der Waals surface area contributed by atoms with Crippen LogP contribution >= 0.6 is 0 Å². The topological polar surface area (TPSA) is 97.1 Å². The smallest absolute Gasteiger partial charge is 0.165 e. The summed E-state index contributed by atoms with van der Waals surface area (Å²) in [6.07, 6.45) is 1.94. The Hall–Kier alpha value is -18.9. The van der Waals surface area contributed by atoms with E-state index < -0.39 is 0 Å². The van der Waals surface area contributed by atoms with Crippen LogP contribution in [0.4, 0.5) is 0 Å². The molecule has 0 fully saturated rings. The van der Waals surface area contributed by atoms with Crippen molar-refractivity contribution >= 4 is 228 Å². The van der Waals surface area contributed by atoms with Gasteiger partial charge in [0, 0.05) is 70.7 Å². The molecular formula is C130H78N10. The molecule has 7 aromatic heterocycles. The van der Waals surface area contributed by atoms with Crippen LogP contribution in [-0.4, -0.2) is 48.2 Å². The lowest BCUT2D eigenvalue weighted by Gasteiger charge is -2.14. The highest BCUT2D eigenvalue weighted by Gasteiger charge is 2.28. The number of fused-ring (bicyclic) bond motifs is 34. The Morgan fingerprint density at radius 1 is 0.157 bits per heavy atom. The molecule has 0 saturated carbocycles. The molecule has 10 heteroatoms. The van der Waals surface area contributed by atoms with Crippen LogP contribution in [0.2, 0.25) is 0 Å². The maximum absolute atomic E-state index is 5.38. The number of rotatable bonds is 7. The second-order valence-electron chi connectivity index (χ2n) is 36.6. The molecule has 0 radical (unpaired) electrons. The molecule has 0 saturated heterocycles. The zero-order chi connectivity index (χ0) is 91.7. The van der Waals surface area contributed by atoms with Crippen molar-refractivity contribution in [2.45, 2.75) is 0 Å². The Bertz CT molecular complexity index is 10400. The van der Waals surface area contributed by atoms with Crippen LogP contribution in [0.3, 0.4) is 0 Å². The Kier molecular flexibility index (Phi) is 17.6. The molecule has 31 rings (SSSR count). The van der Waals surface area contributed by atoms with Crippen molar-refractivity contribution in [2.24, 2.45) is 0 Å². The molecule has 0 bridgehead atoms. The Morgan fingerprint density at radius 3 is 0.893 bits per heavy atom. The first-order chi connectivity index (χ1) is 69.4. The highest BCUT2D eigenvalue weighted by molar-refractivity contribution is 6.32. The molecule has 0 atom stereocenters. The van der Waals surface area contributed by atoms with Gasteiger partial charge in [0.15, 0.2) is 17.5 Å². The first-order valence-electron chi connectivity index (χ1n) is 47.7. The zero-order valence-electron chi connectivity index (χ0n) is 75.5. The number of benzene rings is 24. The molecule has 31 aromatic rings. The van der Waals surface area contributed by atoms with E-state index in [4.69, 9.17) is 29.9 Å². The van der Waals surface area contributed by atoms with Crippen LogP contribution in [0, 0.1) is 0 Å². The molecule has 0 unspecified atom stereocenters. The summed E-state index contributed by atoms with van der Waals surface area (Å²) in [5.74, 6) is 2.47. The summed E-state index contributed by atoms with van der Waals surface area (Å²) in [6, 6.07) is 167. The van der Waals surface area contributed by atoms with Gasteiger partial charge in [-0.05, 0) is 205 Å². The van der Waals surface area contributed by atoms with Crippen molar-refractivity contribution in [1.82, 2.24) is 48.2 Å². The number of para-hydroxylation sites is 5. The van der Waals surface area contributed by atoms with Gasteiger partial charge in [-0.2, -0.15) is 0 Å². The van der Waals surface area contributed by atoms with Crippen LogP contribution in [0.5, 0.6) is 0 Å². The first-order valence-corrected chi connectivity index (χ1v) is 47.7. The van der Waals surface area contributed by atoms with E-state index in [0.717, 1.165) is 123 Å². The van der Waals surface area contributed by atoms with E-state index >= 15 is 0 Å². The standard InChI is InChI=1S/C50H30N4.C44H27N3.C36H21N3/c1-2-14-34-29-35(22-21-31(34)11-1)49-50(52-42-19-9-8-18-41(42)51-49)54-43-20-10-7-17-39(43)40-30-36(25-28-44(40)54)53-45-26-23-32-12-3-5-15-37(32)47(45)48-38-16-6-4-13-33(38)24-27-46(48)53;1-2-12-33-27-34(22-19-28(33)9-1)29-17-20-32(21-18-29)43-44(46-38-16-8-7-15-37(38)45-43)47-39-25-23-30-10-3-5-13-35(30)41(39)42-36-14-6-4-11-31(36)24-26-40(42)47;1-3-11-24-22(9-1)17-19-30-33(24)34-25-12-4-2-10-23(25)18-20-31(34)39(30)32-21-37-35-28-15-7-5-13-26(28)27-14-6-8-16-29(27)36(35)38-32/h1-30H;1-27H;1-21H. The number of nitrogens with zero attached hydrogens (tertiary/aromatic N) is 10. The third-order valence-corrected chi connectivity index (χ3v) is 29.0. The second-order valence-corrected chi connectivity index (χ2v) is 36.6. The van der Waals surface area contributed by atoms with Gasteiger partial charge in [-0.25, -0.2) is 24.9 Å². The second kappa shape index (κ2) is 31.4. The van der Waals surface area contributed by atoms with Gasteiger partial charge in [0.05, 0.1) is 83.4 Å². The lowest BCUT2D eigenvalue weighted by Crippen LogP contribution is -2.04. The molecule has 648 valence electrons. The summed E-state index contributed by atoms with van der Waals surface area (Å²) >= 11 is 0. The largest absolute Gasteiger partial charge is 0.309 e. The fourth-order valence-electron chi connectivity index (χ4n) is 22.7. The van der Waals surface area contributed by atoms with Gasteiger partial charge in [0.25, 0.3) is 0 Å². The van der Waals surface area contributed by atoms with Gasteiger partial charge in [-0.15, -0.1) is 0 Å². The van der Waals surface area contributed by atoms with Gasteiger partial charge >= 0.3 is 0 Å². The first kappa shape index (κ1) is 78.6. The Balaban J connectivity index is 0.000000102. The monoisotopic (exact) mass is 1780 g/mol. The number of hydrogen-bond acceptors (Lipinski definition) is 6. The van der Waals surface area contributed by atoms with Crippen molar-refractivity contribution in [3.8, 4) is 56.8 Å². The third kappa shape index (κ3) is 12.3. The van der Waals surface area contributed by atoms with E-state index in [1.807, 2.05) is 42.6 Å². The van der Waals surface area contributed by atoms with Crippen molar-refractivity contribution in [3.05, 3.63) is 473 Å². The van der Waals surface area contributed by atoms with E-state index in [9.17, 15) is 0 Å². The number of aromatic nitrogens is 10. The van der Waals surface area contributed by atoms with Crippen molar-refractivity contribution in [2.75, 3.05) is 0 Å². The van der Waals surface area contributed by atoms with Crippen LogP contribution in [0.25, 0.3) is 285 Å². The molecule has 0 amide bonds. The average molecular weight is 1780 g/mol. The number of hydrogen-bond donors (Lipinski definition) is 0. The fourth-order valence-corrected chi connectivity index (χ4v) is 22.7. The molecule has 24 aromatic carbocycles. The lowest BCUT2D eigenvalue weighted by atomic mass is 9.99. The highest BCUT2D eigenvalue weighted by atomic mass is 15.1. The maximum Gasteiger partial charge on any atom is 0.165 e. The lowest BCUT2D eigenvalue weighted by molar-refractivity contribution is 1.08. The van der Waals surface area contributed by atoms with Crippen molar-refractivity contribution < 1.29 is 0 Å². The summed E-state index contributed by atoms with van der Waals surface area (Å²) < 4.78 is 9.38. The molecule has 0 aliphatic heterocycles. The quantitative estimate of drug-likeness (QED) is 0.148. The molecule has 0 spiro atoms. The molecule has 0 aliphatic carbocycles. The van der Waals surface area contributed by atoms with Gasteiger partial charge in [0.1, 0.15) is 11.4 Å². The average Bonchev–Trinajstić information content (AvgIpc) is 1.59. The molecule has 10 nitrogen and oxygen atoms in total. The SMILES string of the molecule is c1ccc2c(c1)ccc1c2c2c3ccccc3ccc2n1-c1cnc2c3ccccc3c3ccccc3c2n1.c1ccc2cc(-c3ccc(-c4nc5ccccc5nc4-n4c5ccc6ccccc6c5c5c6ccccc6ccc54)cc3)ccc2c1.c1ccc2cc(-c3nc4ccccc4nc3-n3c4ccccc4c4cc(-n5c6ccc7ccccc7c6c6c7ccccc7ccc65)ccc43)ccc2c1. The predicted molar refractivity (Wildman–Crippen MR) is 587 cm³/mol. The minimum absolute atomic E-state index is 0.817. The van der Waals surface area contributed by atoms with E-state index in [-0.39, 0.29) is 0 Å². The summed E-state index contributed by atoms with van der Waals surface area (Å²) in [7, 11) is 0. The van der Waals surface area contributed by atoms with E-state index in [1.54, 1.807) is 0 Å². The Labute approximate surface area is 800 Å².